The van der Waals surface area contributed by atoms with Crippen LogP contribution in [-0.4, -0.2) is 30.2 Å². The summed E-state index contributed by atoms with van der Waals surface area (Å²) in [6.45, 7) is 3.12. The van der Waals surface area contributed by atoms with Crippen molar-refractivity contribution in [2.75, 3.05) is 13.2 Å². The van der Waals surface area contributed by atoms with Gasteiger partial charge in [0.2, 0.25) is 11.7 Å². The van der Waals surface area contributed by atoms with Gasteiger partial charge in [-0.3, -0.25) is 4.79 Å². The molecule has 0 saturated carbocycles. The van der Waals surface area contributed by atoms with Gasteiger partial charge < -0.3 is 24.3 Å². The molecule has 7 nitrogen and oxygen atoms in total. The van der Waals surface area contributed by atoms with Gasteiger partial charge in [-0.1, -0.05) is 0 Å². The van der Waals surface area contributed by atoms with Gasteiger partial charge in [0.25, 0.3) is 0 Å². The van der Waals surface area contributed by atoms with Crippen LogP contribution in [0.4, 0.5) is 0 Å². The highest BCUT2D eigenvalue weighted by Gasteiger charge is 2.09. The first kappa shape index (κ1) is 18.4. The monoisotopic (exact) mass is 347 g/mol. The van der Waals surface area contributed by atoms with E-state index in [2.05, 4.69) is 5.32 Å². The van der Waals surface area contributed by atoms with Crippen LogP contribution in [0.1, 0.15) is 36.1 Å². The fraction of sp³-hybridized carbons (Fsp3) is 0.333. The van der Waals surface area contributed by atoms with E-state index in [1.165, 1.54) is 12.1 Å². The standard InChI is InChI=1S/C18H21NO6/c1-2-23-13-5-7-14(8-6-13)24-11-3-4-17(20)19-12-15-9-10-16(25-15)18(21)22/h5-10H,2-4,11-12H2,1H3,(H,19,20)(H,21,22). The lowest BCUT2D eigenvalue weighted by atomic mass is 10.3. The molecule has 0 bridgehead atoms. The van der Waals surface area contributed by atoms with Gasteiger partial charge >= 0.3 is 5.97 Å². The van der Waals surface area contributed by atoms with Crippen molar-refractivity contribution in [3.8, 4) is 11.5 Å². The molecule has 2 rings (SSSR count). The maximum atomic E-state index is 11.7. The molecule has 1 aromatic heterocycles. The molecular weight excluding hydrogens is 326 g/mol. The van der Waals surface area contributed by atoms with Crippen molar-refractivity contribution >= 4 is 11.9 Å². The van der Waals surface area contributed by atoms with Crippen molar-refractivity contribution in [3.63, 3.8) is 0 Å². The lowest BCUT2D eigenvalue weighted by molar-refractivity contribution is -0.121. The zero-order valence-corrected chi connectivity index (χ0v) is 14.0. The number of hydrogen-bond donors (Lipinski definition) is 2. The molecule has 0 saturated heterocycles. The first-order valence-electron chi connectivity index (χ1n) is 8.03. The maximum Gasteiger partial charge on any atom is 0.371 e. The number of benzene rings is 1. The van der Waals surface area contributed by atoms with Gasteiger partial charge in [0.05, 0.1) is 19.8 Å². The topological polar surface area (TPSA) is 98.0 Å². The van der Waals surface area contributed by atoms with E-state index in [1.54, 1.807) is 0 Å². The SMILES string of the molecule is CCOc1ccc(OCCCC(=O)NCc2ccc(C(=O)O)o2)cc1. The number of furan rings is 1. The molecule has 0 unspecified atom stereocenters. The highest BCUT2D eigenvalue weighted by Crippen LogP contribution is 2.17. The lowest BCUT2D eigenvalue weighted by Crippen LogP contribution is -2.22. The molecule has 0 radical (unpaired) electrons. The van der Waals surface area contributed by atoms with Gasteiger partial charge in [-0.15, -0.1) is 0 Å². The average Bonchev–Trinajstić information content (AvgIpc) is 3.08. The Morgan fingerprint density at radius 1 is 1.08 bits per heavy atom. The minimum atomic E-state index is -1.14. The number of carbonyl (C=O) groups is 2. The summed E-state index contributed by atoms with van der Waals surface area (Å²) in [5, 5.41) is 11.4. The summed E-state index contributed by atoms with van der Waals surface area (Å²) in [6, 6.07) is 10.2. The first-order valence-corrected chi connectivity index (χ1v) is 8.03. The number of carbonyl (C=O) groups excluding carboxylic acids is 1. The second kappa shape index (κ2) is 9.36. The molecule has 1 aromatic carbocycles. The van der Waals surface area contributed by atoms with Gasteiger partial charge in [0.1, 0.15) is 17.3 Å². The molecule has 134 valence electrons. The largest absolute Gasteiger partial charge is 0.494 e. The molecule has 1 amide bonds. The molecule has 7 heteroatoms. The molecule has 0 aliphatic rings. The summed E-state index contributed by atoms with van der Waals surface area (Å²) in [7, 11) is 0. The van der Waals surface area contributed by atoms with Gasteiger partial charge in [0.15, 0.2) is 0 Å². The number of amides is 1. The Morgan fingerprint density at radius 2 is 1.76 bits per heavy atom. The van der Waals surface area contributed by atoms with Gasteiger partial charge in [-0.2, -0.15) is 0 Å². The van der Waals surface area contributed by atoms with E-state index in [0.717, 1.165) is 11.5 Å². The molecule has 0 aliphatic heterocycles. The maximum absolute atomic E-state index is 11.7. The van der Waals surface area contributed by atoms with Crippen LogP contribution >= 0.6 is 0 Å². The number of nitrogens with one attached hydrogen (secondary N) is 1. The molecule has 0 spiro atoms. The summed E-state index contributed by atoms with van der Waals surface area (Å²) in [6.07, 6.45) is 0.876. The molecule has 25 heavy (non-hydrogen) atoms. The van der Waals surface area contributed by atoms with Crippen molar-refractivity contribution < 1.29 is 28.6 Å². The number of ether oxygens (including phenoxy) is 2. The Balaban J connectivity index is 1.62. The predicted octanol–water partition coefficient (Wildman–Crippen LogP) is 2.85. The summed E-state index contributed by atoms with van der Waals surface area (Å²) >= 11 is 0. The zero-order chi connectivity index (χ0) is 18.1. The van der Waals surface area contributed by atoms with Crippen LogP contribution in [-0.2, 0) is 11.3 Å². The Morgan fingerprint density at radius 3 is 2.36 bits per heavy atom. The normalized spacial score (nSPS) is 10.3. The molecule has 1 heterocycles. The smallest absolute Gasteiger partial charge is 0.371 e. The fourth-order valence-corrected chi connectivity index (χ4v) is 2.08. The van der Waals surface area contributed by atoms with Gasteiger partial charge in [-0.05, 0) is 49.7 Å². The number of carboxylic acids is 1. The van der Waals surface area contributed by atoms with Crippen LogP contribution in [0.2, 0.25) is 0 Å². The van der Waals surface area contributed by atoms with Crippen LogP contribution in [0.25, 0.3) is 0 Å². The van der Waals surface area contributed by atoms with Crippen LogP contribution in [0.15, 0.2) is 40.8 Å². The van der Waals surface area contributed by atoms with E-state index >= 15 is 0 Å². The molecule has 2 aromatic rings. The van der Waals surface area contributed by atoms with Crippen LogP contribution in [0.3, 0.4) is 0 Å². The highest BCUT2D eigenvalue weighted by molar-refractivity contribution is 5.84. The first-order chi connectivity index (χ1) is 12.1. The molecule has 0 atom stereocenters. The van der Waals surface area contributed by atoms with E-state index in [1.807, 2.05) is 31.2 Å². The van der Waals surface area contributed by atoms with Crippen molar-refractivity contribution in [1.29, 1.82) is 0 Å². The second-order valence-electron chi connectivity index (χ2n) is 5.20. The summed E-state index contributed by atoms with van der Waals surface area (Å²) in [5.74, 6) is 0.482. The number of aromatic carboxylic acids is 1. The summed E-state index contributed by atoms with van der Waals surface area (Å²) < 4.78 is 16.0. The third kappa shape index (κ3) is 6.21. The van der Waals surface area contributed by atoms with Gasteiger partial charge in [0, 0.05) is 6.42 Å². The van der Waals surface area contributed by atoms with Crippen LogP contribution in [0, 0.1) is 0 Å². The van der Waals surface area contributed by atoms with E-state index in [9.17, 15) is 9.59 Å². The summed E-state index contributed by atoms with van der Waals surface area (Å²) in [5.41, 5.74) is 0. The molecular formula is C18H21NO6. The number of hydrogen-bond acceptors (Lipinski definition) is 5. The summed E-state index contributed by atoms with van der Waals surface area (Å²) in [4.78, 5) is 22.4. The minimum absolute atomic E-state index is 0.145. The van der Waals surface area contributed by atoms with E-state index < -0.39 is 5.97 Å². The predicted molar refractivity (Wildman–Crippen MR) is 89.9 cm³/mol. The molecule has 2 N–H and O–H groups in total. The lowest BCUT2D eigenvalue weighted by Gasteiger charge is -2.08. The van der Waals surface area contributed by atoms with E-state index in [-0.39, 0.29) is 18.2 Å². The van der Waals surface area contributed by atoms with Crippen molar-refractivity contribution in [2.24, 2.45) is 0 Å². The third-order valence-corrected chi connectivity index (χ3v) is 3.28. The Labute approximate surface area is 145 Å². The molecule has 0 aliphatic carbocycles. The molecule has 0 fully saturated rings. The second-order valence-corrected chi connectivity index (χ2v) is 5.20. The van der Waals surface area contributed by atoms with E-state index in [0.29, 0.717) is 31.8 Å². The Hall–Kier alpha value is -2.96. The minimum Gasteiger partial charge on any atom is -0.494 e. The third-order valence-electron chi connectivity index (χ3n) is 3.28. The van der Waals surface area contributed by atoms with Crippen molar-refractivity contribution in [2.45, 2.75) is 26.3 Å². The van der Waals surface area contributed by atoms with Crippen LogP contribution in [0.5, 0.6) is 11.5 Å². The quantitative estimate of drug-likeness (QED) is 0.641. The fourth-order valence-electron chi connectivity index (χ4n) is 2.08. The Bertz CT molecular complexity index is 692. The number of rotatable bonds is 10. The van der Waals surface area contributed by atoms with Crippen molar-refractivity contribution in [3.05, 3.63) is 47.9 Å². The average molecular weight is 347 g/mol. The van der Waals surface area contributed by atoms with Gasteiger partial charge in [-0.25, -0.2) is 4.79 Å². The van der Waals surface area contributed by atoms with E-state index in [4.69, 9.17) is 19.0 Å². The Kier molecular flexibility index (Phi) is 6.88. The highest BCUT2D eigenvalue weighted by atomic mass is 16.5. The van der Waals surface area contributed by atoms with Crippen molar-refractivity contribution in [1.82, 2.24) is 5.32 Å². The zero-order valence-electron chi connectivity index (χ0n) is 14.0. The number of carboxylic acid groups (broad SMARTS) is 1. The van der Waals surface area contributed by atoms with Crippen LogP contribution < -0.4 is 14.8 Å².